The summed E-state index contributed by atoms with van der Waals surface area (Å²) in [6.07, 6.45) is 1.62. The fourth-order valence-corrected chi connectivity index (χ4v) is 2.79. The molecular formula is C16H24FNO2. The number of nitrogens with zero attached hydrogens (tertiary/aromatic N) is 1. The van der Waals surface area contributed by atoms with Gasteiger partial charge in [-0.2, -0.15) is 0 Å². The van der Waals surface area contributed by atoms with Crippen LogP contribution in [0, 0.1) is 12.7 Å². The van der Waals surface area contributed by atoms with Crippen LogP contribution in [0.5, 0.6) is 0 Å². The Bertz CT molecular complexity index is 454. The Hall–Kier alpha value is -1.13. The Morgan fingerprint density at radius 1 is 1.40 bits per heavy atom. The molecular weight excluding hydrogens is 257 g/mol. The first-order chi connectivity index (χ1) is 9.52. The van der Waals surface area contributed by atoms with Crippen molar-refractivity contribution < 1.29 is 14.2 Å². The second-order valence-electron chi connectivity index (χ2n) is 5.48. The molecule has 1 atom stereocenters. The van der Waals surface area contributed by atoms with E-state index in [0.717, 1.165) is 38.2 Å². The molecule has 4 heteroatoms. The Labute approximate surface area is 120 Å². The fourth-order valence-electron chi connectivity index (χ4n) is 2.79. The van der Waals surface area contributed by atoms with Crippen molar-refractivity contribution in [3.05, 3.63) is 29.1 Å². The van der Waals surface area contributed by atoms with Gasteiger partial charge in [0.1, 0.15) is 5.82 Å². The smallest absolute Gasteiger partial charge is 0.126 e. The molecule has 1 heterocycles. The number of aryl methyl sites for hydroxylation is 1. The van der Waals surface area contributed by atoms with Crippen LogP contribution in [0.25, 0.3) is 0 Å². The molecule has 0 aliphatic carbocycles. The van der Waals surface area contributed by atoms with E-state index < -0.39 is 6.10 Å². The molecule has 1 aromatic carbocycles. The number of hydrogen-bond acceptors (Lipinski definition) is 3. The third-order valence-electron chi connectivity index (χ3n) is 3.94. The molecule has 112 valence electrons. The van der Waals surface area contributed by atoms with Crippen LogP contribution in [0.1, 0.15) is 43.9 Å². The van der Waals surface area contributed by atoms with Crippen molar-refractivity contribution in [2.45, 2.75) is 45.8 Å². The van der Waals surface area contributed by atoms with E-state index in [1.807, 2.05) is 13.0 Å². The number of aliphatic hydroxyl groups is 1. The van der Waals surface area contributed by atoms with Crippen molar-refractivity contribution >= 4 is 5.69 Å². The zero-order valence-electron chi connectivity index (χ0n) is 12.5. The van der Waals surface area contributed by atoms with Crippen LogP contribution in [-0.4, -0.2) is 30.9 Å². The summed E-state index contributed by atoms with van der Waals surface area (Å²) >= 11 is 0. The third-order valence-corrected chi connectivity index (χ3v) is 3.94. The molecule has 0 spiro atoms. The van der Waals surface area contributed by atoms with Gasteiger partial charge >= 0.3 is 0 Å². The molecule has 0 bridgehead atoms. The zero-order chi connectivity index (χ0) is 14.7. The molecule has 1 fully saturated rings. The van der Waals surface area contributed by atoms with Gasteiger partial charge in [0.05, 0.1) is 12.2 Å². The largest absolute Gasteiger partial charge is 0.389 e. The van der Waals surface area contributed by atoms with E-state index in [4.69, 9.17) is 4.74 Å². The molecule has 1 aromatic rings. The molecule has 1 saturated heterocycles. The van der Waals surface area contributed by atoms with Crippen molar-refractivity contribution in [3.8, 4) is 0 Å². The molecule has 3 nitrogen and oxygen atoms in total. The summed E-state index contributed by atoms with van der Waals surface area (Å²) < 4.78 is 19.4. The van der Waals surface area contributed by atoms with Gasteiger partial charge in [0, 0.05) is 30.9 Å². The van der Waals surface area contributed by atoms with Crippen LogP contribution in [0.15, 0.2) is 12.1 Å². The second kappa shape index (κ2) is 6.55. The van der Waals surface area contributed by atoms with Crippen molar-refractivity contribution in [2.24, 2.45) is 0 Å². The number of aliphatic hydroxyl groups excluding tert-OH is 1. The van der Waals surface area contributed by atoms with Crippen LogP contribution in [-0.2, 0) is 4.74 Å². The van der Waals surface area contributed by atoms with Crippen molar-refractivity contribution in [1.29, 1.82) is 0 Å². The van der Waals surface area contributed by atoms with Gasteiger partial charge < -0.3 is 14.7 Å². The Kier molecular flexibility index (Phi) is 5.00. The van der Waals surface area contributed by atoms with E-state index >= 15 is 0 Å². The lowest BCUT2D eigenvalue weighted by atomic mass is 10.0. The summed E-state index contributed by atoms with van der Waals surface area (Å²) in [5.41, 5.74) is 2.24. The van der Waals surface area contributed by atoms with E-state index in [9.17, 15) is 9.50 Å². The molecule has 0 unspecified atom stereocenters. The van der Waals surface area contributed by atoms with E-state index in [2.05, 4.69) is 4.90 Å². The maximum atomic E-state index is 13.7. The third kappa shape index (κ3) is 3.30. The highest BCUT2D eigenvalue weighted by atomic mass is 19.1. The highest BCUT2D eigenvalue weighted by Gasteiger charge is 2.23. The molecule has 0 amide bonds. The van der Waals surface area contributed by atoms with E-state index in [1.54, 1.807) is 13.8 Å². The highest BCUT2D eigenvalue weighted by molar-refractivity contribution is 5.57. The van der Waals surface area contributed by atoms with Gasteiger partial charge in [-0.05, 0) is 51.3 Å². The first-order valence-corrected chi connectivity index (χ1v) is 7.37. The van der Waals surface area contributed by atoms with Crippen LogP contribution < -0.4 is 4.90 Å². The Morgan fingerprint density at radius 3 is 2.60 bits per heavy atom. The number of benzene rings is 1. The summed E-state index contributed by atoms with van der Waals surface area (Å²) in [5.74, 6) is -0.256. The first-order valence-electron chi connectivity index (χ1n) is 7.37. The number of ether oxygens (including phenoxy) is 1. The number of piperidine rings is 1. The lowest BCUT2D eigenvalue weighted by molar-refractivity contribution is 0.0458. The highest BCUT2D eigenvalue weighted by Crippen LogP contribution is 2.31. The van der Waals surface area contributed by atoms with Gasteiger partial charge in [-0.15, -0.1) is 0 Å². The molecule has 1 aliphatic heterocycles. The van der Waals surface area contributed by atoms with Crippen molar-refractivity contribution in [3.63, 3.8) is 0 Å². The first kappa shape index (κ1) is 15.3. The molecule has 0 saturated carbocycles. The predicted molar refractivity (Wildman–Crippen MR) is 78.6 cm³/mol. The number of hydrogen-bond donors (Lipinski definition) is 1. The summed E-state index contributed by atoms with van der Waals surface area (Å²) in [6, 6.07) is 3.31. The second-order valence-corrected chi connectivity index (χ2v) is 5.48. The standard InChI is InChI=1S/C16H24FNO2/c1-4-20-13-5-7-18(8-6-13)16-9-11(2)15(17)10-14(16)12(3)19/h9-10,12-13,19H,4-8H2,1-3H3/t12-/m0/s1. The Morgan fingerprint density at radius 2 is 2.05 bits per heavy atom. The average molecular weight is 281 g/mol. The average Bonchev–Trinajstić information content (AvgIpc) is 2.42. The molecule has 2 rings (SSSR count). The quantitative estimate of drug-likeness (QED) is 0.920. The minimum absolute atomic E-state index is 0.256. The molecule has 1 aliphatic rings. The number of anilines is 1. The number of rotatable bonds is 4. The fraction of sp³-hybridized carbons (Fsp3) is 0.625. The Balaban J connectivity index is 2.18. The van der Waals surface area contributed by atoms with Gasteiger partial charge in [-0.25, -0.2) is 4.39 Å². The van der Waals surface area contributed by atoms with Crippen LogP contribution >= 0.6 is 0 Å². The van der Waals surface area contributed by atoms with Gasteiger partial charge in [-0.3, -0.25) is 0 Å². The molecule has 20 heavy (non-hydrogen) atoms. The summed E-state index contributed by atoms with van der Waals surface area (Å²) in [5, 5.41) is 9.87. The van der Waals surface area contributed by atoms with Gasteiger partial charge in [0.2, 0.25) is 0 Å². The zero-order valence-corrected chi connectivity index (χ0v) is 12.5. The molecule has 0 radical (unpaired) electrons. The predicted octanol–water partition coefficient (Wildman–Crippen LogP) is 3.19. The maximum Gasteiger partial charge on any atom is 0.126 e. The minimum Gasteiger partial charge on any atom is -0.389 e. The van der Waals surface area contributed by atoms with Gasteiger partial charge in [0.15, 0.2) is 0 Å². The lowest BCUT2D eigenvalue weighted by Crippen LogP contribution is -2.37. The molecule has 1 N–H and O–H groups in total. The number of halogens is 1. The molecule has 0 aromatic heterocycles. The van der Waals surface area contributed by atoms with E-state index in [-0.39, 0.29) is 5.82 Å². The van der Waals surface area contributed by atoms with E-state index in [1.165, 1.54) is 6.07 Å². The summed E-state index contributed by atoms with van der Waals surface area (Å²) in [4.78, 5) is 2.23. The SMILES string of the molecule is CCOC1CCN(c2cc(C)c(F)cc2[C@H](C)O)CC1. The normalized spacial score (nSPS) is 18.4. The monoisotopic (exact) mass is 281 g/mol. The topological polar surface area (TPSA) is 32.7 Å². The minimum atomic E-state index is -0.662. The van der Waals surface area contributed by atoms with Crippen molar-refractivity contribution in [2.75, 3.05) is 24.6 Å². The van der Waals surface area contributed by atoms with Gasteiger partial charge in [0.25, 0.3) is 0 Å². The summed E-state index contributed by atoms with van der Waals surface area (Å²) in [7, 11) is 0. The lowest BCUT2D eigenvalue weighted by Gasteiger charge is -2.35. The van der Waals surface area contributed by atoms with Gasteiger partial charge in [-0.1, -0.05) is 0 Å². The van der Waals surface area contributed by atoms with Crippen LogP contribution in [0.2, 0.25) is 0 Å². The van der Waals surface area contributed by atoms with Crippen molar-refractivity contribution in [1.82, 2.24) is 0 Å². The van der Waals surface area contributed by atoms with Crippen LogP contribution in [0.3, 0.4) is 0 Å². The summed E-state index contributed by atoms with van der Waals surface area (Å²) in [6.45, 7) is 7.98. The van der Waals surface area contributed by atoms with E-state index in [0.29, 0.717) is 17.2 Å². The maximum absolute atomic E-state index is 13.7. The van der Waals surface area contributed by atoms with Crippen LogP contribution in [0.4, 0.5) is 10.1 Å².